The monoisotopic (exact) mass is 525 g/mol. The molecule has 0 saturated carbocycles. The number of amides is 3. The predicted molar refractivity (Wildman–Crippen MR) is 140 cm³/mol. The van der Waals surface area contributed by atoms with Crippen LogP contribution >= 0.6 is 23.2 Å². The third kappa shape index (κ3) is 5.11. The smallest absolute Gasteiger partial charge is 0.225 e. The summed E-state index contributed by atoms with van der Waals surface area (Å²) in [4.78, 5) is 34.3. The molecule has 7 N–H and O–H groups in total. The van der Waals surface area contributed by atoms with Crippen LogP contribution in [-0.2, 0) is 25.2 Å². The molecule has 0 unspecified atom stereocenters. The van der Waals surface area contributed by atoms with E-state index in [4.69, 9.17) is 28.9 Å². The molecule has 0 aliphatic carbocycles. The summed E-state index contributed by atoms with van der Waals surface area (Å²) in [6.07, 6.45) is 0.542. The van der Waals surface area contributed by atoms with Crippen LogP contribution < -0.4 is 21.7 Å². The first-order valence-corrected chi connectivity index (χ1v) is 11.6. The molecule has 2 aliphatic heterocycles. The number of nitrogen functional groups attached to an aromatic ring is 1. The first-order chi connectivity index (χ1) is 16.0. The van der Waals surface area contributed by atoms with Crippen LogP contribution in [0.4, 0.5) is 22.7 Å². The number of carbonyl (C=O) groups excluding carboxylic acids is 3. The van der Waals surface area contributed by atoms with Crippen molar-refractivity contribution in [1.82, 2.24) is 0 Å². The molecule has 2 aromatic carbocycles. The summed E-state index contributed by atoms with van der Waals surface area (Å²) in [6.45, 7) is 8.79. The van der Waals surface area contributed by atoms with Crippen LogP contribution in [0, 0.1) is 0 Å². The van der Waals surface area contributed by atoms with Gasteiger partial charge in [-0.15, -0.1) is 0 Å². The van der Waals surface area contributed by atoms with Crippen molar-refractivity contribution in [3.05, 3.63) is 33.3 Å². The topological polar surface area (TPSA) is 154 Å². The van der Waals surface area contributed by atoms with Crippen molar-refractivity contribution < 1.29 is 26.0 Å². The Morgan fingerprint density at radius 1 is 0.943 bits per heavy atom. The van der Waals surface area contributed by atoms with E-state index in [1.807, 2.05) is 27.7 Å². The molecule has 0 fully saturated rings. The van der Waals surface area contributed by atoms with Crippen LogP contribution in [0.25, 0.3) is 0 Å². The Morgan fingerprint density at radius 2 is 1.37 bits per heavy atom. The molecule has 11 heteroatoms. The Hall–Kier alpha value is -3.17. The van der Waals surface area contributed by atoms with Gasteiger partial charge in [0.2, 0.25) is 17.7 Å². The molecule has 9 nitrogen and oxygen atoms in total. The van der Waals surface area contributed by atoms with Crippen LogP contribution in [0.15, 0.2) is 12.1 Å². The number of hydrogen-bond donors (Lipinski definition) is 6. The highest BCUT2D eigenvalue weighted by atomic mass is 35.5. The number of halogens is 2. The molecule has 4 rings (SSSR count). The van der Waals surface area contributed by atoms with Crippen molar-refractivity contribution in [3.8, 4) is 11.5 Å². The fourth-order valence-electron chi connectivity index (χ4n) is 4.49. The van der Waals surface area contributed by atoms with Crippen molar-refractivity contribution in [2.45, 2.75) is 58.3 Å². The number of nitrogens with one attached hydrogen (secondary N) is 3. The number of anilines is 4. The maximum absolute atomic E-state index is 11.6. The molecular formula is C24H30Cl2N4O5. The molecule has 0 saturated heterocycles. The van der Waals surface area contributed by atoms with Gasteiger partial charge in [0, 0.05) is 43.1 Å². The zero-order valence-electron chi connectivity index (χ0n) is 20.0. The maximum atomic E-state index is 11.6. The van der Waals surface area contributed by atoms with E-state index in [9.17, 15) is 24.6 Å². The second kappa shape index (κ2) is 9.13. The van der Waals surface area contributed by atoms with Gasteiger partial charge >= 0.3 is 0 Å². The van der Waals surface area contributed by atoms with Crippen molar-refractivity contribution in [2.75, 3.05) is 21.7 Å². The number of phenolic OH excluding ortho intramolecular Hbond substituents is 2. The second-order valence-corrected chi connectivity index (χ2v) is 10.8. The third-order valence-electron chi connectivity index (χ3n) is 5.93. The zero-order chi connectivity index (χ0) is 26.5. The highest BCUT2D eigenvalue weighted by molar-refractivity contribution is 6.35. The predicted octanol–water partition coefficient (Wildman–Crippen LogP) is 5.12. The number of fused-ring (bicyclic) bond motifs is 2. The van der Waals surface area contributed by atoms with Crippen molar-refractivity contribution in [2.24, 2.45) is 0 Å². The quantitative estimate of drug-likeness (QED) is 0.224. The van der Waals surface area contributed by atoms with Crippen LogP contribution in [0.2, 0.25) is 10.0 Å². The lowest BCUT2D eigenvalue weighted by molar-refractivity contribution is -0.118. The lowest BCUT2D eigenvalue weighted by Gasteiger charge is -2.33. The van der Waals surface area contributed by atoms with Crippen molar-refractivity contribution in [3.63, 3.8) is 0 Å². The van der Waals surface area contributed by atoms with E-state index in [0.29, 0.717) is 33.9 Å². The first-order valence-electron chi connectivity index (χ1n) is 10.8. The van der Waals surface area contributed by atoms with E-state index in [1.54, 1.807) is 0 Å². The number of benzene rings is 2. The summed E-state index contributed by atoms with van der Waals surface area (Å²) in [7, 11) is 0. The number of aromatic hydroxyl groups is 2. The summed E-state index contributed by atoms with van der Waals surface area (Å²) in [5, 5.41) is 28.8. The number of hydrogen-bond acceptors (Lipinski definition) is 6. The Balaban J connectivity index is 0.000000250. The van der Waals surface area contributed by atoms with E-state index in [2.05, 4.69) is 16.0 Å². The van der Waals surface area contributed by atoms with Gasteiger partial charge < -0.3 is 31.9 Å². The third-order valence-corrected chi connectivity index (χ3v) is 6.53. The number of nitrogens with two attached hydrogens (primary N) is 1. The van der Waals surface area contributed by atoms with Gasteiger partial charge in [-0.25, -0.2) is 0 Å². The normalized spacial score (nSPS) is 17.1. The summed E-state index contributed by atoms with van der Waals surface area (Å²) < 4.78 is 0. The molecule has 2 heterocycles. The molecule has 0 atom stereocenters. The Bertz CT molecular complexity index is 1260. The summed E-state index contributed by atoms with van der Waals surface area (Å²) in [5.41, 5.74) is 7.14. The molecule has 0 bridgehead atoms. The maximum Gasteiger partial charge on any atom is 0.225 e. The number of rotatable bonds is 1. The van der Waals surface area contributed by atoms with Gasteiger partial charge in [-0.3, -0.25) is 14.4 Å². The highest BCUT2D eigenvalue weighted by Gasteiger charge is 2.38. The molecule has 0 spiro atoms. The Morgan fingerprint density at radius 3 is 1.83 bits per heavy atom. The molecule has 3 amide bonds. The van der Waals surface area contributed by atoms with Crippen LogP contribution in [0.1, 0.15) is 60.0 Å². The van der Waals surface area contributed by atoms with E-state index < -0.39 is 10.8 Å². The standard InChI is InChI=1S/C13H15ClN2O3.C11H13ClN2O2.H2/c1-6(17)15-8-4-7(14)11-10(12(8)19)13(2,3)5-9(18)16-11;1-11(2)4-7(15)14-9-5(12)3-6(13)10(16)8(9)11;/h4,19H,5H2,1-3H3,(H,15,17)(H,16,18);3,16H,4,13H2,1-2H3,(H,14,15);1H/i;;1+1. The SMILES string of the molecule is CC(=O)Nc1cc(Cl)c2c(c1O)C(C)(C)CC(=O)N2.CC1(C)CC(=O)Nc2c(Cl)cc(N)c(O)c21.[2HH]. The lowest BCUT2D eigenvalue weighted by Crippen LogP contribution is -2.33. The molecule has 0 aromatic heterocycles. The fraction of sp³-hybridized carbons (Fsp3) is 0.375. The largest absolute Gasteiger partial charge is 0.505 e. The minimum atomic E-state index is -0.556. The first kappa shape index (κ1) is 26.4. The molecule has 2 aliphatic rings. The lowest BCUT2D eigenvalue weighted by atomic mass is 9.77. The van der Waals surface area contributed by atoms with Crippen molar-refractivity contribution in [1.29, 1.82) is 0 Å². The van der Waals surface area contributed by atoms with Crippen molar-refractivity contribution >= 4 is 63.7 Å². The molecule has 35 heavy (non-hydrogen) atoms. The van der Waals surface area contributed by atoms with Crippen LogP contribution in [-0.4, -0.2) is 27.9 Å². The highest BCUT2D eigenvalue weighted by Crippen LogP contribution is 2.50. The summed E-state index contributed by atoms with van der Waals surface area (Å²) in [5.74, 6) is -0.609. The van der Waals surface area contributed by atoms with Gasteiger partial charge in [0.25, 0.3) is 0 Å². The second-order valence-electron chi connectivity index (χ2n) is 9.95. The average Bonchev–Trinajstić information content (AvgIpc) is 2.68. The van der Waals surface area contributed by atoms with Gasteiger partial charge in [-0.05, 0) is 12.1 Å². The zero-order valence-corrected chi connectivity index (χ0v) is 21.5. The molecule has 0 radical (unpaired) electrons. The molecular weight excluding hydrogens is 495 g/mol. The van der Waals surface area contributed by atoms with Crippen LogP contribution in [0.3, 0.4) is 0 Å². The van der Waals surface area contributed by atoms with E-state index >= 15 is 0 Å². The van der Waals surface area contributed by atoms with Gasteiger partial charge in [0.15, 0.2) is 0 Å². The number of phenols is 2. The van der Waals surface area contributed by atoms with Gasteiger partial charge in [0.1, 0.15) is 11.5 Å². The van der Waals surface area contributed by atoms with Gasteiger partial charge in [-0.2, -0.15) is 0 Å². The fourth-order valence-corrected chi connectivity index (χ4v) is 5.00. The number of carbonyl (C=O) groups is 3. The van der Waals surface area contributed by atoms with Gasteiger partial charge in [-0.1, -0.05) is 50.9 Å². The molecule has 2 aromatic rings. The van der Waals surface area contributed by atoms with E-state index in [0.717, 1.165) is 0 Å². The molecule has 190 valence electrons. The summed E-state index contributed by atoms with van der Waals surface area (Å²) in [6, 6.07) is 2.87. The van der Waals surface area contributed by atoms with E-state index in [-0.39, 0.29) is 53.5 Å². The summed E-state index contributed by atoms with van der Waals surface area (Å²) >= 11 is 12.1. The minimum Gasteiger partial charge on any atom is -0.505 e. The van der Waals surface area contributed by atoms with E-state index in [1.165, 1.54) is 19.1 Å². The minimum absolute atomic E-state index is 0. The average molecular weight is 526 g/mol. The van der Waals surface area contributed by atoms with Gasteiger partial charge in [0.05, 0.1) is 32.8 Å². The Labute approximate surface area is 214 Å². The Kier molecular flexibility index (Phi) is 6.89. The van der Waals surface area contributed by atoms with Crippen LogP contribution in [0.5, 0.6) is 11.5 Å².